The molecule has 1 fully saturated rings. The van der Waals surface area contributed by atoms with Gasteiger partial charge in [0.2, 0.25) is 0 Å². The number of carbonyl (C=O) groups excluding carboxylic acids is 2. The van der Waals surface area contributed by atoms with Gasteiger partial charge in [-0.05, 0) is 30.5 Å². The normalized spacial score (nSPS) is 18.4. The molecule has 0 bridgehead atoms. The minimum absolute atomic E-state index is 0.370. The lowest BCUT2D eigenvalue weighted by Crippen LogP contribution is -2.41. The molecule has 30 heavy (non-hydrogen) atoms. The maximum Gasteiger partial charge on any atom is 0.377 e. The van der Waals surface area contributed by atoms with Gasteiger partial charge in [0.15, 0.2) is 0 Å². The maximum absolute atomic E-state index is 14.2. The van der Waals surface area contributed by atoms with E-state index in [-0.39, 0.29) is 13.2 Å². The molecule has 1 aromatic carbocycles. The number of hydrogen-bond donors (Lipinski definition) is 0. The number of ether oxygens (including phenoxy) is 4. The zero-order valence-corrected chi connectivity index (χ0v) is 17.1. The average molecular weight is 438 g/mol. The van der Waals surface area contributed by atoms with Gasteiger partial charge >= 0.3 is 24.8 Å². The Labute approximate surface area is 172 Å². The number of esters is 2. The molecule has 170 valence electrons. The van der Waals surface area contributed by atoms with Crippen molar-refractivity contribution in [2.75, 3.05) is 13.2 Å². The number of carbonyl (C=O) groups is 2. The molecule has 0 N–H and O–H groups in total. The molecule has 2 rings (SSSR count). The largest absolute Gasteiger partial charge is 0.454 e. The van der Waals surface area contributed by atoms with E-state index >= 15 is 0 Å². The molecular weight excluding hydrogens is 412 g/mol. The number of rotatable bonds is 8. The van der Waals surface area contributed by atoms with Crippen LogP contribution in [-0.2, 0) is 30.2 Å². The van der Waals surface area contributed by atoms with Crippen molar-refractivity contribution in [3.63, 3.8) is 0 Å². The van der Waals surface area contributed by atoms with Crippen LogP contribution in [0.5, 0.6) is 0 Å². The van der Waals surface area contributed by atoms with Gasteiger partial charge in [-0.2, -0.15) is 8.78 Å². The SMILES string of the molecule is CC.CCCCCc1cc(F)c(C(=O)OC2COC(OC(=O)C(F)F)OC2)c(F)c1. The Hall–Kier alpha value is -2.20. The van der Waals surface area contributed by atoms with Gasteiger partial charge in [-0.25, -0.2) is 18.4 Å². The quantitative estimate of drug-likeness (QED) is 0.341. The molecule has 0 spiro atoms. The summed E-state index contributed by atoms with van der Waals surface area (Å²) in [7, 11) is 0. The molecule has 1 aromatic rings. The molecule has 1 saturated heterocycles. The van der Waals surface area contributed by atoms with Gasteiger partial charge in [0.1, 0.15) is 23.3 Å². The van der Waals surface area contributed by atoms with Crippen molar-refractivity contribution in [1.29, 1.82) is 0 Å². The molecule has 0 aromatic heterocycles. The molecule has 1 aliphatic rings. The fourth-order valence-electron chi connectivity index (χ4n) is 2.50. The minimum atomic E-state index is -3.35. The van der Waals surface area contributed by atoms with E-state index in [1.165, 1.54) is 0 Å². The van der Waals surface area contributed by atoms with Crippen LogP contribution in [0.25, 0.3) is 0 Å². The number of unbranched alkanes of at least 4 members (excludes halogenated alkanes) is 2. The molecular formula is C20H26F4O6. The number of benzene rings is 1. The Kier molecular flexibility index (Phi) is 11.3. The number of hydrogen-bond acceptors (Lipinski definition) is 6. The summed E-state index contributed by atoms with van der Waals surface area (Å²) in [6.45, 7) is 3.59. The van der Waals surface area contributed by atoms with E-state index in [9.17, 15) is 27.2 Å². The van der Waals surface area contributed by atoms with Crippen molar-refractivity contribution in [3.05, 3.63) is 34.9 Å². The molecule has 0 aliphatic carbocycles. The Morgan fingerprint density at radius 1 is 1.07 bits per heavy atom. The lowest BCUT2D eigenvalue weighted by molar-refractivity contribution is -0.317. The van der Waals surface area contributed by atoms with E-state index in [2.05, 4.69) is 4.74 Å². The van der Waals surface area contributed by atoms with E-state index < -0.39 is 48.1 Å². The van der Waals surface area contributed by atoms with Gasteiger partial charge in [0.05, 0.1) is 13.2 Å². The molecule has 0 radical (unpaired) electrons. The first-order valence-electron chi connectivity index (χ1n) is 9.72. The van der Waals surface area contributed by atoms with Gasteiger partial charge in [0, 0.05) is 0 Å². The molecule has 1 aliphatic heterocycles. The molecule has 0 saturated carbocycles. The minimum Gasteiger partial charge on any atom is -0.454 e. The van der Waals surface area contributed by atoms with Gasteiger partial charge in [-0.15, -0.1) is 0 Å². The molecule has 0 unspecified atom stereocenters. The fraction of sp³-hybridized carbons (Fsp3) is 0.600. The van der Waals surface area contributed by atoms with Crippen molar-refractivity contribution in [3.8, 4) is 0 Å². The highest BCUT2D eigenvalue weighted by atomic mass is 19.3. The third-order valence-corrected chi connectivity index (χ3v) is 3.88. The standard InChI is InChI=1S/C18H20F4O6.C2H6/c1-2-3-4-5-10-6-12(19)14(13(20)7-10)16(23)27-11-8-25-18(26-9-11)28-17(24)15(21)22;1-2/h6-7,11,15,18H,2-5,8-9H2,1H3;1-2H3. The summed E-state index contributed by atoms with van der Waals surface area (Å²) in [6, 6.07) is 2.17. The van der Waals surface area contributed by atoms with Crippen LogP contribution in [0.3, 0.4) is 0 Å². The highest BCUT2D eigenvalue weighted by Crippen LogP contribution is 2.20. The van der Waals surface area contributed by atoms with Gasteiger partial charge in [0.25, 0.3) is 0 Å². The second-order valence-corrected chi connectivity index (χ2v) is 6.11. The maximum atomic E-state index is 14.2. The van der Waals surface area contributed by atoms with Crippen LogP contribution in [0.15, 0.2) is 12.1 Å². The molecule has 10 heteroatoms. The number of halogens is 4. The summed E-state index contributed by atoms with van der Waals surface area (Å²) in [6.07, 6.45) is -1.27. The Balaban J connectivity index is 0.00000218. The summed E-state index contributed by atoms with van der Waals surface area (Å²) in [5.74, 6) is -5.17. The predicted octanol–water partition coefficient (Wildman–Crippen LogP) is 4.39. The highest BCUT2D eigenvalue weighted by molar-refractivity contribution is 5.90. The van der Waals surface area contributed by atoms with E-state index in [4.69, 9.17) is 14.2 Å². The lowest BCUT2D eigenvalue weighted by atomic mass is 10.0. The Bertz CT molecular complexity index is 667. The number of alkyl halides is 2. The fourth-order valence-corrected chi connectivity index (χ4v) is 2.50. The molecule has 0 atom stereocenters. The van der Waals surface area contributed by atoms with Gasteiger partial charge in [-0.3, -0.25) is 0 Å². The van der Waals surface area contributed by atoms with E-state index in [1.54, 1.807) is 0 Å². The third kappa shape index (κ3) is 7.91. The van der Waals surface area contributed by atoms with E-state index in [1.807, 2.05) is 20.8 Å². The third-order valence-electron chi connectivity index (χ3n) is 3.88. The first-order valence-corrected chi connectivity index (χ1v) is 9.72. The Morgan fingerprint density at radius 3 is 2.13 bits per heavy atom. The van der Waals surface area contributed by atoms with E-state index in [0.29, 0.717) is 12.0 Å². The zero-order valence-electron chi connectivity index (χ0n) is 17.1. The van der Waals surface area contributed by atoms with Crippen LogP contribution in [0.1, 0.15) is 56.0 Å². The highest BCUT2D eigenvalue weighted by Gasteiger charge is 2.31. The first kappa shape index (κ1) is 25.8. The smallest absolute Gasteiger partial charge is 0.377 e. The number of aryl methyl sites for hydroxylation is 1. The van der Waals surface area contributed by atoms with Crippen molar-refractivity contribution in [1.82, 2.24) is 0 Å². The van der Waals surface area contributed by atoms with Crippen LogP contribution in [0.2, 0.25) is 0 Å². The van der Waals surface area contributed by atoms with Crippen LogP contribution in [0.4, 0.5) is 17.6 Å². The van der Waals surface area contributed by atoms with Crippen molar-refractivity contribution in [2.45, 2.75) is 65.5 Å². The van der Waals surface area contributed by atoms with Gasteiger partial charge in [-0.1, -0.05) is 33.6 Å². The summed E-state index contributed by atoms with van der Waals surface area (Å²) >= 11 is 0. The zero-order chi connectivity index (χ0) is 22.7. The average Bonchev–Trinajstić information content (AvgIpc) is 2.70. The van der Waals surface area contributed by atoms with Crippen molar-refractivity contribution >= 4 is 11.9 Å². The summed E-state index contributed by atoms with van der Waals surface area (Å²) in [4.78, 5) is 22.8. The van der Waals surface area contributed by atoms with Crippen molar-refractivity contribution < 1.29 is 46.1 Å². The van der Waals surface area contributed by atoms with Crippen LogP contribution >= 0.6 is 0 Å². The van der Waals surface area contributed by atoms with Crippen LogP contribution in [-0.4, -0.2) is 44.2 Å². The monoisotopic (exact) mass is 438 g/mol. The van der Waals surface area contributed by atoms with E-state index in [0.717, 1.165) is 31.4 Å². The second-order valence-electron chi connectivity index (χ2n) is 6.11. The summed E-state index contributed by atoms with van der Waals surface area (Å²) in [5.41, 5.74) is -0.404. The van der Waals surface area contributed by atoms with Gasteiger partial charge < -0.3 is 18.9 Å². The summed E-state index contributed by atoms with van der Waals surface area (Å²) < 4.78 is 71.3. The molecule has 1 heterocycles. The topological polar surface area (TPSA) is 71.1 Å². The van der Waals surface area contributed by atoms with Crippen LogP contribution in [0, 0.1) is 11.6 Å². The van der Waals surface area contributed by atoms with Crippen LogP contribution < -0.4 is 0 Å². The Morgan fingerprint density at radius 2 is 1.63 bits per heavy atom. The molecule has 0 amide bonds. The summed E-state index contributed by atoms with van der Waals surface area (Å²) in [5, 5.41) is 0. The predicted molar refractivity (Wildman–Crippen MR) is 97.9 cm³/mol. The van der Waals surface area contributed by atoms with Crippen molar-refractivity contribution in [2.24, 2.45) is 0 Å². The molecule has 6 nitrogen and oxygen atoms in total. The lowest BCUT2D eigenvalue weighted by Gasteiger charge is -2.28. The second kappa shape index (κ2) is 13.2. The first-order chi connectivity index (χ1) is 14.3.